The molecule has 3 aromatic rings. The van der Waals surface area contributed by atoms with Crippen molar-refractivity contribution in [2.75, 3.05) is 5.32 Å². The minimum Gasteiger partial charge on any atom is -0.451 e. The molecule has 112 valence electrons. The number of benzene rings is 1. The molecule has 1 aromatic carbocycles. The number of carbonyl (C=O) groups excluding carboxylic acids is 1. The van der Waals surface area contributed by atoms with Crippen LogP contribution in [0.4, 0.5) is 5.13 Å². The normalized spacial score (nSPS) is 14.5. The lowest BCUT2D eigenvalue weighted by atomic mass is 10.1. The molecule has 1 fully saturated rings. The third-order valence-electron chi connectivity index (χ3n) is 3.89. The van der Waals surface area contributed by atoms with E-state index in [2.05, 4.69) is 15.5 Å². The van der Waals surface area contributed by atoms with Crippen molar-refractivity contribution in [3.05, 3.63) is 40.1 Å². The number of hydrogen-bond acceptors (Lipinski definition) is 5. The molecule has 0 atom stereocenters. The number of nitrogens with zero attached hydrogens (tertiary/aromatic N) is 2. The lowest BCUT2D eigenvalue weighted by molar-refractivity contribution is 0.0998. The highest BCUT2D eigenvalue weighted by Gasteiger charge is 2.28. The third kappa shape index (κ3) is 2.29. The summed E-state index contributed by atoms with van der Waals surface area (Å²) < 4.78 is 5.72. The van der Waals surface area contributed by atoms with Crippen molar-refractivity contribution in [3.63, 3.8) is 0 Å². The maximum Gasteiger partial charge on any atom is 0.293 e. The molecule has 5 nitrogen and oxygen atoms in total. The van der Waals surface area contributed by atoms with Gasteiger partial charge in [-0.25, -0.2) is 0 Å². The number of nitrogens with one attached hydrogen (secondary N) is 1. The lowest BCUT2D eigenvalue weighted by Gasteiger charge is -1.98. The average molecular weight is 313 g/mol. The van der Waals surface area contributed by atoms with Gasteiger partial charge in [-0.2, -0.15) is 0 Å². The first-order valence-electron chi connectivity index (χ1n) is 7.26. The zero-order valence-corrected chi connectivity index (χ0v) is 13.2. The summed E-state index contributed by atoms with van der Waals surface area (Å²) in [7, 11) is 0. The Bertz CT molecular complexity index is 877. The van der Waals surface area contributed by atoms with E-state index in [1.807, 2.05) is 32.0 Å². The van der Waals surface area contributed by atoms with E-state index in [-0.39, 0.29) is 5.91 Å². The van der Waals surface area contributed by atoms with Crippen LogP contribution in [0, 0.1) is 13.8 Å². The van der Waals surface area contributed by atoms with Crippen molar-refractivity contribution in [3.8, 4) is 0 Å². The molecule has 4 rings (SSSR count). The number of amides is 1. The molecule has 1 aliphatic carbocycles. The standard InChI is InChI=1S/C16H15N3O2S/c1-8-3-6-11-9(2)13(21-12(11)7-8)14(20)17-16-19-18-15(22-16)10-4-5-10/h3,6-7,10H,4-5H2,1-2H3,(H,17,19,20). The van der Waals surface area contributed by atoms with E-state index in [0.29, 0.717) is 16.8 Å². The van der Waals surface area contributed by atoms with Crippen LogP contribution >= 0.6 is 11.3 Å². The molecular weight excluding hydrogens is 298 g/mol. The maximum atomic E-state index is 12.4. The van der Waals surface area contributed by atoms with E-state index in [1.54, 1.807) is 0 Å². The summed E-state index contributed by atoms with van der Waals surface area (Å²) in [4.78, 5) is 12.4. The Kier molecular flexibility index (Phi) is 3.00. The van der Waals surface area contributed by atoms with Gasteiger partial charge in [0.05, 0.1) is 0 Å². The highest BCUT2D eigenvalue weighted by Crippen LogP contribution is 2.42. The minimum atomic E-state index is -0.273. The van der Waals surface area contributed by atoms with Crippen molar-refractivity contribution >= 4 is 33.3 Å². The summed E-state index contributed by atoms with van der Waals surface area (Å²) in [5, 5.41) is 13.5. The average Bonchev–Trinajstić information content (AvgIpc) is 3.16. The maximum absolute atomic E-state index is 12.4. The van der Waals surface area contributed by atoms with Crippen LogP contribution in [0.5, 0.6) is 0 Å². The number of carbonyl (C=O) groups is 1. The van der Waals surface area contributed by atoms with E-state index >= 15 is 0 Å². The second-order valence-electron chi connectivity index (χ2n) is 5.73. The fourth-order valence-corrected chi connectivity index (χ4v) is 3.39. The summed E-state index contributed by atoms with van der Waals surface area (Å²) in [6, 6.07) is 5.94. The molecule has 6 heteroatoms. The fraction of sp³-hybridized carbons (Fsp3) is 0.312. The molecule has 1 N–H and O–H groups in total. The van der Waals surface area contributed by atoms with Gasteiger partial charge < -0.3 is 4.42 Å². The van der Waals surface area contributed by atoms with Gasteiger partial charge in [0.1, 0.15) is 10.6 Å². The van der Waals surface area contributed by atoms with Crippen LogP contribution < -0.4 is 5.32 Å². The highest BCUT2D eigenvalue weighted by atomic mass is 32.1. The quantitative estimate of drug-likeness (QED) is 0.792. The second kappa shape index (κ2) is 4.91. The first kappa shape index (κ1) is 13.5. The third-order valence-corrected chi connectivity index (χ3v) is 4.89. The van der Waals surface area contributed by atoms with Gasteiger partial charge in [-0.1, -0.05) is 23.5 Å². The Hall–Kier alpha value is -2.21. The van der Waals surface area contributed by atoms with Crippen molar-refractivity contribution < 1.29 is 9.21 Å². The molecule has 1 saturated carbocycles. The van der Waals surface area contributed by atoms with Gasteiger partial charge >= 0.3 is 0 Å². The van der Waals surface area contributed by atoms with Crippen LogP contribution in [0.1, 0.15) is 45.4 Å². The molecule has 0 spiro atoms. The summed E-state index contributed by atoms with van der Waals surface area (Å²) in [5.74, 6) is 0.604. The van der Waals surface area contributed by atoms with E-state index in [1.165, 1.54) is 24.2 Å². The number of aryl methyl sites for hydroxylation is 2. The van der Waals surface area contributed by atoms with Gasteiger partial charge in [0.25, 0.3) is 5.91 Å². The highest BCUT2D eigenvalue weighted by molar-refractivity contribution is 7.15. The second-order valence-corrected chi connectivity index (χ2v) is 6.74. The van der Waals surface area contributed by atoms with E-state index in [0.717, 1.165) is 27.1 Å². The first-order chi connectivity index (χ1) is 10.6. The molecular formula is C16H15N3O2S. The number of furan rings is 1. The lowest BCUT2D eigenvalue weighted by Crippen LogP contribution is -2.11. The Labute approximate surface area is 131 Å². The molecule has 0 saturated heterocycles. The predicted octanol–water partition coefficient (Wildman–Crippen LogP) is 4.03. The molecule has 1 aliphatic rings. The fourth-order valence-electron chi connectivity index (χ4n) is 2.48. The Morgan fingerprint density at radius 1 is 1.32 bits per heavy atom. The van der Waals surface area contributed by atoms with Gasteiger partial charge in [0.15, 0.2) is 5.76 Å². The number of fused-ring (bicyclic) bond motifs is 1. The smallest absolute Gasteiger partial charge is 0.293 e. The Morgan fingerprint density at radius 2 is 2.14 bits per heavy atom. The number of aromatic nitrogens is 2. The van der Waals surface area contributed by atoms with Crippen LogP contribution in [0.25, 0.3) is 11.0 Å². The molecule has 0 bridgehead atoms. The largest absolute Gasteiger partial charge is 0.451 e. The van der Waals surface area contributed by atoms with Crippen molar-refractivity contribution in [1.82, 2.24) is 10.2 Å². The van der Waals surface area contributed by atoms with Crippen LogP contribution in [-0.4, -0.2) is 16.1 Å². The Balaban J connectivity index is 1.62. The molecule has 0 unspecified atom stereocenters. The van der Waals surface area contributed by atoms with Crippen molar-refractivity contribution in [1.29, 1.82) is 0 Å². The minimum absolute atomic E-state index is 0.273. The van der Waals surface area contributed by atoms with Crippen LogP contribution in [0.3, 0.4) is 0 Å². The number of anilines is 1. The van der Waals surface area contributed by atoms with Gasteiger partial charge in [-0.3, -0.25) is 10.1 Å². The predicted molar refractivity (Wildman–Crippen MR) is 85.5 cm³/mol. The zero-order chi connectivity index (χ0) is 15.3. The van der Waals surface area contributed by atoms with Gasteiger partial charge in [-0.05, 0) is 38.3 Å². The number of rotatable bonds is 3. The molecule has 1 amide bonds. The topological polar surface area (TPSA) is 68.0 Å². The number of hydrogen-bond donors (Lipinski definition) is 1. The molecule has 0 radical (unpaired) electrons. The first-order valence-corrected chi connectivity index (χ1v) is 8.08. The zero-order valence-electron chi connectivity index (χ0n) is 12.3. The van der Waals surface area contributed by atoms with Gasteiger partial charge in [-0.15, -0.1) is 10.2 Å². The summed E-state index contributed by atoms with van der Waals surface area (Å²) in [5.41, 5.74) is 2.68. The summed E-state index contributed by atoms with van der Waals surface area (Å²) >= 11 is 1.45. The van der Waals surface area contributed by atoms with Crippen molar-refractivity contribution in [2.45, 2.75) is 32.6 Å². The SMILES string of the molecule is Cc1ccc2c(C)c(C(=O)Nc3nnc(C4CC4)s3)oc2c1. The van der Waals surface area contributed by atoms with E-state index in [9.17, 15) is 4.79 Å². The van der Waals surface area contributed by atoms with Crippen LogP contribution in [-0.2, 0) is 0 Å². The van der Waals surface area contributed by atoms with Crippen LogP contribution in [0.2, 0.25) is 0 Å². The summed E-state index contributed by atoms with van der Waals surface area (Å²) in [6.07, 6.45) is 2.34. The van der Waals surface area contributed by atoms with Gasteiger partial charge in [0.2, 0.25) is 5.13 Å². The van der Waals surface area contributed by atoms with Gasteiger partial charge in [0, 0.05) is 16.9 Å². The molecule has 22 heavy (non-hydrogen) atoms. The molecule has 2 aromatic heterocycles. The van der Waals surface area contributed by atoms with E-state index < -0.39 is 0 Å². The Morgan fingerprint density at radius 3 is 2.91 bits per heavy atom. The van der Waals surface area contributed by atoms with E-state index in [4.69, 9.17) is 4.42 Å². The van der Waals surface area contributed by atoms with Crippen LogP contribution in [0.15, 0.2) is 22.6 Å². The molecule has 0 aliphatic heterocycles. The van der Waals surface area contributed by atoms with Crippen molar-refractivity contribution in [2.24, 2.45) is 0 Å². The molecule has 2 heterocycles. The summed E-state index contributed by atoms with van der Waals surface area (Å²) in [6.45, 7) is 3.89. The monoisotopic (exact) mass is 313 g/mol.